The second-order valence-electron chi connectivity index (χ2n) is 3.96. The first-order valence-electron chi connectivity index (χ1n) is 5.38. The molecule has 18 heavy (non-hydrogen) atoms. The van der Waals surface area contributed by atoms with E-state index in [2.05, 4.69) is 10.2 Å². The number of carbonyl (C=O) groups excluding carboxylic acids is 1. The van der Waals surface area contributed by atoms with Crippen molar-refractivity contribution >= 4 is 11.7 Å². The Morgan fingerprint density at radius 2 is 1.94 bits per heavy atom. The molecule has 6 nitrogen and oxygen atoms in total. The third-order valence-corrected chi connectivity index (χ3v) is 2.58. The lowest BCUT2D eigenvalue weighted by atomic mass is 10.1. The SMILES string of the molecule is COC(=O)c1cc(-n2cnnc2)ccc1N(C)C. The topological polar surface area (TPSA) is 60.3 Å². The second-order valence-corrected chi connectivity index (χ2v) is 3.96. The summed E-state index contributed by atoms with van der Waals surface area (Å²) in [4.78, 5) is 13.6. The molecule has 1 aromatic heterocycles. The van der Waals surface area contributed by atoms with Crippen LogP contribution in [0.1, 0.15) is 10.4 Å². The van der Waals surface area contributed by atoms with Gasteiger partial charge in [-0.3, -0.25) is 4.57 Å². The van der Waals surface area contributed by atoms with Gasteiger partial charge in [0.05, 0.1) is 18.4 Å². The van der Waals surface area contributed by atoms with Crippen molar-refractivity contribution in [2.75, 3.05) is 26.1 Å². The summed E-state index contributed by atoms with van der Waals surface area (Å²) in [5.41, 5.74) is 2.12. The van der Waals surface area contributed by atoms with Crippen LogP contribution in [0.15, 0.2) is 30.9 Å². The largest absolute Gasteiger partial charge is 0.465 e. The zero-order valence-electron chi connectivity index (χ0n) is 10.5. The van der Waals surface area contributed by atoms with E-state index in [4.69, 9.17) is 4.74 Å². The molecular weight excluding hydrogens is 232 g/mol. The third kappa shape index (κ3) is 2.17. The van der Waals surface area contributed by atoms with Crippen molar-refractivity contribution < 1.29 is 9.53 Å². The summed E-state index contributed by atoms with van der Waals surface area (Å²) in [5, 5.41) is 7.47. The molecule has 0 atom stereocenters. The molecule has 0 aliphatic rings. The number of benzene rings is 1. The fourth-order valence-electron chi connectivity index (χ4n) is 1.68. The van der Waals surface area contributed by atoms with Crippen LogP contribution in [0, 0.1) is 0 Å². The maximum Gasteiger partial charge on any atom is 0.340 e. The van der Waals surface area contributed by atoms with Crippen molar-refractivity contribution in [3.05, 3.63) is 36.4 Å². The van der Waals surface area contributed by atoms with E-state index in [1.165, 1.54) is 7.11 Å². The number of hydrogen-bond donors (Lipinski definition) is 0. The van der Waals surface area contributed by atoms with Crippen molar-refractivity contribution in [2.45, 2.75) is 0 Å². The van der Waals surface area contributed by atoms with Crippen molar-refractivity contribution in [3.63, 3.8) is 0 Å². The van der Waals surface area contributed by atoms with Gasteiger partial charge in [0.2, 0.25) is 0 Å². The van der Waals surface area contributed by atoms with E-state index in [1.807, 2.05) is 31.1 Å². The van der Waals surface area contributed by atoms with E-state index in [1.54, 1.807) is 23.3 Å². The second kappa shape index (κ2) is 4.87. The van der Waals surface area contributed by atoms with E-state index in [9.17, 15) is 4.79 Å². The van der Waals surface area contributed by atoms with Gasteiger partial charge in [-0.2, -0.15) is 0 Å². The predicted molar refractivity (Wildman–Crippen MR) is 67.0 cm³/mol. The number of rotatable bonds is 3. The first-order valence-corrected chi connectivity index (χ1v) is 5.38. The minimum Gasteiger partial charge on any atom is -0.465 e. The van der Waals surface area contributed by atoms with Gasteiger partial charge in [0, 0.05) is 19.8 Å². The minimum atomic E-state index is -0.367. The lowest BCUT2D eigenvalue weighted by Crippen LogP contribution is -2.15. The summed E-state index contributed by atoms with van der Waals surface area (Å²) in [6.07, 6.45) is 3.15. The first kappa shape index (κ1) is 12.1. The molecule has 2 rings (SSSR count). The smallest absolute Gasteiger partial charge is 0.340 e. The monoisotopic (exact) mass is 246 g/mol. The molecule has 1 aromatic carbocycles. The van der Waals surface area contributed by atoms with Gasteiger partial charge in [-0.25, -0.2) is 4.79 Å². The highest BCUT2D eigenvalue weighted by molar-refractivity contribution is 5.96. The highest BCUT2D eigenvalue weighted by atomic mass is 16.5. The molecule has 6 heteroatoms. The normalized spacial score (nSPS) is 10.2. The Bertz CT molecular complexity index is 549. The van der Waals surface area contributed by atoms with E-state index >= 15 is 0 Å². The lowest BCUT2D eigenvalue weighted by molar-refractivity contribution is 0.0601. The molecule has 2 aromatic rings. The Morgan fingerprint density at radius 3 is 2.50 bits per heavy atom. The quantitative estimate of drug-likeness (QED) is 0.759. The van der Waals surface area contributed by atoms with E-state index < -0.39 is 0 Å². The summed E-state index contributed by atoms with van der Waals surface area (Å²) < 4.78 is 6.52. The first-order chi connectivity index (χ1) is 8.63. The fourth-order valence-corrected chi connectivity index (χ4v) is 1.68. The lowest BCUT2D eigenvalue weighted by Gasteiger charge is -2.17. The van der Waals surface area contributed by atoms with Gasteiger partial charge in [0.1, 0.15) is 12.7 Å². The summed E-state index contributed by atoms with van der Waals surface area (Å²) in [7, 11) is 5.12. The Hall–Kier alpha value is -2.37. The highest BCUT2D eigenvalue weighted by Gasteiger charge is 2.14. The number of hydrogen-bond acceptors (Lipinski definition) is 5. The zero-order valence-corrected chi connectivity index (χ0v) is 10.5. The molecule has 0 fully saturated rings. The Morgan fingerprint density at radius 1 is 1.28 bits per heavy atom. The number of ether oxygens (including phenoxy) is 1. The molecule has 0 spiro atoms. The molecule has 0 aliphatic heterocycles. The van der Waals surface area contributed by atoms with Crippen molar-refractivity contribution in [1.29, 1.82) is 0 Å². The van der Waals surface area contributed by atoms with Gasteiger partial charge >= 0.3 is 5.97 Å². The molecule has 0 saturated heterocycles. The molecule has 1 heterocycles. The number of carbonyl (C=O) groups is 1. The number of aromatic nitrogens is 3. The van der Waals surface area contributed by atoms with E-state index in [-0.39, 0.29) is 5.97 Å². The summed E-state index contributed by atoms with van der Waals surface area (Å²) in [6, 6.07) is 5.51. The number of nitrogens with zero attached hydrogens (tertiary/aromatic N) is 4. The summed E-state index contributed by atoms with van der Waals surface area (Å²) in [5.74, 6) is -0.367. The number of anilines is 1. The number of esters is 1. The average molecular weight is 246 g/mol. The molecule has 0 amide bonds. The van der Waals surface area contributed by atoms with E-state index in [0.29, 0.717) is 5.56 Å². The predicted octanol–water partition coefficient (Wildman–Crippen LogP) is 1.12. The van der Waals surface area contributed by atoms with Crippen molar-refractivity contribution in [1.82, 2.24) is 14.8 Å². The van der Waals surface area contributed by atoms with Crippen LogP contribution in [0.3, 0.4) is 0 Å². The van der Waals surface area contributed by atoms with Gasteiger partial charge < -0.3 is 9.64 Å². The molecule has 0 bridgehead atoms. The van der Waals surface area contributed by atoms with Crippen molar-refractivity contribution in [3.8, 4) is 5.69 Å². The van der Waals surface area contributed by atoms with Gasteiger partial charge in [-0.1, -0.05) is 0 Å². The van der Waals surface area contributed by atoms with Crippen LogP contribution in [0.4, 0.5) is 5.69 Å². The summed E-state index contributed by atoms with van der Waals surface area (Å²) in [6.45, 7) is 0. The standard InChI is InChI=1S/C12H14N4O2/c1-15(2)11-5-4-9(16-7-13-14-8-16)6-10(11)12(17)18-3/h4-8H,1-3H3. The average Bonchev–Trinajstić information content (AvgIpc) is 2.90. The molecule has 0 N–H and O–H groups in total. The third-order valence-electron chi connectivity index (χ3n) is 2.58. The van der Waals surface area contributed by atoms with Gasteiger partial charge in [-0.05, 0) is 18.2 Å². The summed E-state index contributed by atoms with van der Waals surface area (Å²) >= 11 is 0. The molecule has 0 saturated carbocycles. The van der Waals surface area contributed by atoms with Crippen LogP contribution in [-0.4, -0.2) is 41.9 Å². The van der Waals surface area contributed by atoms with Crippen LogP contribution in [0.2, 0.25) is 0 Å². The fraction of sp³-hybridized carbons (Fsp3) is 0.250. The molecule has 0 aliphatic carbocycles. The highest BCUT2D eigenvalue weighted by Crippen LogP contribution is 2.22. The van der Waals surface area contributed by atoms with Crippen molar-refractivity contribution in [2.24, 2.45) is 0 Å². The minimum absolute atomic E-state index is 0.367. The molecule has 0 unspecified atom stereocenters. The van der Waals surface area contributed by atoms with Crippen LogP contribution < -0.4 is 4.90 Å². The maximum atomic E-state index is 11.8. The van der Waals surface area contributed by atoms with Crippen LogP contribution >= 0.6 is 0 Å². The molecular formula is C12H14N4O2. The Kier molecular flexibility index (Phi) is 3.27. The molecule has 94 valence electrons. The van der Waals surface area contributed by atoms with Gasteiger partial charge in [-0.15, -0.1) is 10.2 Å². The van der Waals surface area contributed by atoms with Gasteiger partial charge in [0.15, 0.2) is 0 Å². The zero-order chi connectivity index (χ0) is 13.1. The van der Waals surface area contributed by atoms with Crippen LogP contribution in [-0.2, 0) is 4.74 Å². The van der Waals surface area contributed by atoms with E-state index in [0.717, 1.165) is 11.4 Å². The van der Waals surface area contributed by atoms with Crippen LogP contribution in [0.5, 0.6) is 0 Å². The Labute approximate surface area is 105 Å². The van der Waals surface area contributed by atoms with Crippen LogP contribution in [0.25, 0.3) is 5.69 Å². The maximum absolute atomic E-state index is 11.8. The molecule has 0 radical (unpaired) electrons. The van der Waals surface area contributed by atoms with Gasteiger partial charge in [0.25, 0.3) is 0 Å². The Balaban J connectivity index is 2.52. The number of methoxy groups -OCH3 is 1.